The summed E-state index contributed by atoms with van der Waals surface area (Å²) in [6.45, 7) is 4.25. The first-order valence-electron chi connectivity index (χ1n) is 7.04. The molecule has 3 N–H and O–H groups in total. The molecule has 20 heavy (non-hydrogen) atoms. The van der Waals surface area contributed by atoms with Crippen LogP contribution in [-0.4, -0.2) is 48.3 Å². The van der Waals surface area contributed by atoms with E-state index in [4.69, 9.17) is 10.5 Å². The molecule has 1 saturated heterocycles. The van der Waals surface area contributed by atoms with E-state index in [1.807, 2.05) is 12.1 Å². The fourth-order valence-corrected chi connectivity index (χ4v) is 3.13. The summed E-state index contributed by atoms with van der Waals surface area (Å²) >= 11 is 0. The van der Waals surface area contributed by atoms with Crippen LogP contribution in [-0.2, 0) is 22.5 Å². The predicted molar refractivity (Wildman–Crippen MR) is 74.2 cm³/mol. The van der Waals surface area contributed by atoms with E-state index in [2.05, 4.69) is 11.0 Å². The van der Waals surface area contributed by atoms with E-state index in [9.17, 15) is 9.90 Å². The molecule has 2 aliphatic rings. The molecule has 0 aromatic heterocycles. The summed E-state index contributed by atoms with van der Waals surface area (Å²) in [6.07, 6.45) is -0.165. The molecule has 2 atom stereocenters. The van der Waals surface area contributed by atoms with Crippen molar-refractivity contribution in [1.29, 1.82) is 0 Å². The maximum Gasteiger partial charge on any atom is 0.227 e. The maximum atomic E-state index is 11.5. The van der Waals surface area contributed by atoms with Crippen molar-refractivity contribution in [3.63, 3.8) is 0 Å². The van der Waals surface area contributed by atoms with Gasteiger partial charge in [-0.1, -0.05) is 18.2 Å². The van der Waals surface area contributed by atoms with E-state index < -0.39 is 17.9 Å². The minimum Gasteiger partial charge on any atom is -0.392 e. The number of fused-ring (bicyclic) bond motifs is 1. The quantitative estimate of drug-likeness (QED) is 0.815. The lowest BCUT2D eigenvalue weighted by Gasteiger charge is -2.26. The Bertz CT molecular complexity index is 512. The number of carbonyl (C=O) groups is 1. The number of benzene rings is 1. The zero-order chi connectivity index (χ0) is 14.1. The van der Waals surface area contributed by atoms with Gasteiger partial charge >= 0.3 is 0 Å². The minimum atomic E-state index is -0.680. The van der Waals surface area contributed by atoms with Crippen molar-refractivity contribution in [3.8, 4) is 0 Å². The Morgan fingerprint density at radius 2 is 2.15 bits per heavy atom. The number of nitrogens with two attached hydrogens (primary N) is 1. The van der Waals surface area contributed by atoms with Crippen LogP contribution in [0.2, 0.25) is 0 Å². The van der Waals surface area contributed by atoms with Gasteiger partial charge in [0, 0.05) is 19.6 Å². The van der Waals surface area contributed by atoms with Crippen molar-refractivity contribution < 1.29 is 14.6 Å². The summed E-state index contributed by atoms with van der Waals surface area (Å²) in [5.41, 5.74) is 8.50. The molecule has 1 aliphatic carbocycles. The van der Waals surface area contributed by atoms with E-state index in [1.165, 1.54) is 0 Å². The molecular formula is C15H20N2O3. The average molecular weight is 276 g/mol. The molecule has 5 heteroatoms. The van der Waals surface area contributed by atoms with E-state index in [-0.39, 0.29) is 0 Å². The minimum absolute atomic E-state index is 0.445. The molecule has 0 saturated carbocycles. The SMILES string of the molecule is NC(=O)[C@@H]1c2cc(CN3CCOCC3)ccc2C[C@H]1O. The number of nitrogens with zero attached hydrogens (tertiary/aromatic N) is 1. The highest BCUT2D eigenvalue weighted by Crippen LogP contribution is 2.34. The van der Waals surface area contributed by atoms with E-state index in [0.29, 0.717) is 6.42 Å². The zero-order valence-corrected chi connectivity index (χ0v) is 11.4. The van der Waals surface area contributed by atoms with Gasteiger partial charge in [0.2, 0.25) is 5.91 Å². The average Bonchev–Trinajstić information content (AvgIpc) is 2.75. The summed E-state index contributed by atoms with van der Waals surface area (Å²) in [5.74, 6) is -1.01. The summed E-state index contributed by atoms with van der Waals surface area (Å²) in [4.78, 5) is 13.8. The molecule has 1 aliphatic heterocycles. The van der Waals surface area contributed by atoms with Gasteiger partial charge in [0.05, 0.1) is 25.2 Å². The third-order valence-corrected chi connectivity index (χ3v) is 4.18. The number of carbonyl (C=O) groups excluding carboxylic acids is 1. The van der Waals surface area contributed by atoms with Crippen molar-refractivity contribution in [1.82, 2.24) is 4.90 Å². The zero-order valence-electron chi connectivity index (χ0n) is 11.4. The maximum absolute atomic E-state index is 11.5. The highest BCUT2D eigenvalue weighted by molar-refractivity contribution is 5.84. The number of morpholine rings is 1. The number of aliphatic hydroxyl groups excluding tert-OH is 1. The van der Waals surface area contributed by atoms with Gasteiger partial charge in [-0.25, -0.2) is 0 Å². The van der Waals surface area contributed by atoms with Crippen LogP contribution < -0.4 is 5.73 Å². The third kappa shape index (κ3) is 2.57. The van der Waals surface area contributed by atoms with Crippen LogP contribution in [0.15, 0.2) is 18.2 Å². The predicted octanol–water partition coefficient (Wildman–Crippen LogP) is 0.00470. The summed E-state index contributed by atoms with van der Waals surface area (Å²) in [7, 11) is 0. The van der Waals surface area contributed by atoms with E-state index >= 15 is 0 Å². The second-order valence-electron chi connectivity index (χ2n) is 5.57. The molecule has 3 rings (SSSR count). The van der Waals surface area contributed by atoms with Crippen LogP contribution >= 0.6 is 0 Å². The van der Waals surface area contributed by atoms with Gasteiger partial charge in [-0.3, -0.25) is 9.69 Å². The van der Waals surface area contributed by atoms with Crippen LogP contribution in [0.25, 0.3) is 0 Å². The van der Waals surface area contributed by atoms with Crippen molar-refractivity contribution in [2.24, 2.45) is 5.73 Å². The van der Waals surface area contributed by atoms with E-state index in [1.54, 1.807) is 0 Å². The number of hydrogen-bond donors (Lipinski definition) is 2. The fraction of sp³-hybridized carbons (Fsp3) is 0.533. The Balaban J connectivity index is 1.80. The molecule has 1 aromatic carbocycles. The first-order chi connectivity index (χ1) is 9.65. The Kier molecular flexibility index (Phi) is 3.74. The Morgan fingerprint density at radius 1 is 1.40 bits per heavy atom. The second kappa shape index (κ2) is 5.52. The molecule has 1 aromatic rings. The molecule has 1 heterocycles. The lowest BCUT2D eigenvalue weighted by atomic mass is 9.97. The fourth-order valence-electron chi connectivity index (χ4n) is 3.13. The summed E-state index contributed by atoms with van der Waals surface area (Å²) in [5, 5.41) is 9.97. The Morgan fingerprint density at radius 3 is 2.85 bits per heavy atom. The monoisotopic (exact) mass is 276 g/mol. The van der Waals surface area contributed by atoms with Crippen LogP contribution in [0.5, 0.6) is 0 Å². The molecule has 0 unspecified atom stereocenters. The van der Waals surface area contributed by atoms with Gasteiger partial charge in [-0.05, 0) is 23.1 Å². The van der Waals surface area contributed by atoms with E-state index in [0.717, 1.165) is 49.5 Å². The molecule has 0 radical (unpaired) electrons. The normalized spacial score (nSPS) is 26.4. The van der Waals surface area contributed by atoms with Gasteiger partial charge in [0.25, 0.3) is 0 Å². The first kappa shape index (κ1) is 13.5. The van der Waals surface area contributed by atoms with Gasteiger partial charge in [0.15, 0.2) is 0 Å². The molecule has 1 fully saturated rings. The summed E-state index contributed by atoms with van der Waals surface area (Å²) in [6, 6.07) is 6.11. The standard InChI is InChI=1S/C15H20N2O3/c16-15(19)14-12-7-10(1-2-11(12)8-13(14)18)9-17-3-5-20-6-4-17/h1-2,7,13-14,18H,3-6,8-9H2,(H2,16,19)/t13-,14-/m1/s1. The number of aliphatic hydroxyl groups is 1. The summed E-state index contributed by atoms with van der Waals surface area (Å²) < 4.78 is 5.34. The van der Waals surface area contributed by atoms with Crippen LogP contribution in [0.3, 0.4) is 0 Å². The molecular weight excluding hydrogens is 256 g/mol. The van der Waals surface area contributed by atoms with Gasteiger partial charge in [-0.15, -0.1) is 0 Å². The molecule has 108 valence electrons. The first-order valence-corrected chi connectivity index (χ1v) is 7.04. The number of primary amides is 1. The number of amides is 1. The number of ether oxygens (including phenoxy) is 1. The van der Waals surface area contributed by atoms with Crippen molar-refractivity contribution in [3.05, 3.63) is 34.9 Å². The largest absolute Gasteiger partial charge is 0.392 e. The molecule has 0 bridgehead atoms. The topological polar surface area (TPSA) is 75.8 Å². The number of rotatable bonds is 3. The van der Waals surface area contributed by atoms with Crippen molar-refractivity contribution >= 4 is 5.91 Å². The molecule has 0 spiro atoms. The lowest BCUT2D eigenvalue weighted by Crippen LogP contribution is -2.35. The Hall–Kier alpha value is -1.43. The van der Waals surface area contributed by atoms with Gasteiger partial charge < -0.3 is 15.6 Å². The Labute approximate surface area is 118 Å². The second-order valence-corrected chi connectivity index (χ2v) is 5.57. The van der Waals surface area contributed by atoms with Crippen molar-refractivity contribution in [2.45, 2.75) is 25.0 Å². The van der Waals surface area contributed by atoms with Crippen LogP contribution in [0.4, 0.5) is 0 Å². The van der Waals surface area contributed by atoms with Crippen LogP contribution in [0.1, 0.15) is 22.6 Å². The van der Waals surface area contributed by atoms with Gasteiger partial charge in [-0.2, -0.15) is 0 Å². The van der Waals surface area contributed by atoms with Crippen LogP contribution in [0, 0.1) is 0 Å². The smallest absolute Gasteiger partial charge is 0.227 e. The highest BCUT2D eigenvalue weighted by atomic mass is 16.5. The van der Waals surface area contributed by atoms with Gasteiger partial charge in [0.1, 0.15) is 0 Å². The number of hydrogen-bond acceptors (Lipinski definition) is 4. The lowest BCUT2D eigenvalue weighted by molar-refractivity contribution is -0.121. The molecule has 1 amide bonds. The molecule has 5 nitrogen and oxygen atoms in total. The van der Waals surface area contributed by atoms with Crippen molar-refractivity contribution in [2.75, 3.05) is 26.3 Å². The highest BCUT2D eigenvalue weighted by Gasteiger charge is 2.35. The third-order valence-electron chi connectivity index (χ3n) is 4.18.